The monoisotopic (exact) mass is 603 g/mol. The molecule has 0 radical (unpaired) electrons. The quantitative estimate of drug-likeness (QED) is 0.0332. The van der Waals surface area contributed by atoms with E-state index >= 15 is 0 Å². The lowest BCUT2D eigenvalue weighted by atomic mass is 10.1. The summed E-state index contributed by atoms with van der Waals surface area (Å²) in [5, 5.41) is 0. The Bertz CT molecular complexity index is 650. The number of carbonyl (C=O) groups excluding carboxylic acids is 2. The first kappa shape index (κ1) is 41.2. The van der Waals surface area contributed by atoms with E-state index in [1.54, 1.807) is 13.0 Å². The molecule has 0 heterocycles. The summed E-state index contributed by atoms with van der Waals surface area (Å²) in [7, 11) is 0. The van der Waals surface area contributed by atoms with Crippen molar-refractivity contribution in [2.24, 2.45) is 0 Å². The van der Waals surface area contributed by atoms with Crippen LogP contribution in [-0.4, -0.2) is 11.9 Å². The Morgan fingerprint density at radius 3 is 1.00 bits per heavy atom. The first-order valence-corrected chi connectivity index (χ1v) is 18.5. The molecule has 43 heavy (non-hydrogen) atoms. The summed E-state index contributed by atoms with van der Waals surface area (Å²) in [5.41, 5.74) is 0. The van der Waals surface area contributed by atoms with Crippen molar-refractivity contribution in [2.75, 3.05) is 0 Å². The van der Waals surface area contributed by atoms with Crippen molar-refractivity contribution in [3.63, 3.8) is 0 Å². The van der Waals surface area contributed by atoms with E-state index in [-0.39, 0.29) is 17.9 Å². The maximum absolute atomic E-state index is 12.2. The second-order valence-corrected chi connectivity index (χ2v) is 12.2. The van der Waals surface area contributed by atoms with Gasteiger partial charge in [-0.15, -0.1) is 0 Å². The van der Waals surface area contributed by atoms with Crippen molar-refractivity contribution in [3.8, 4) is 0 Å². The van der Waals surface area contributed by atoms with E-state index < -0.39 is 0 Å². The molecular formula is C39H70O4. The van der Waals surface area contributed by atoms with Gasteiger partial charge in [-0.25, -0.2) is 0 Å². The molecule has 0 atom stereocenters. The molecule has 0 saturated carbocycles. The van der Waals surface area contributed by atoms with Crippen molar-refractivity contribution in [2.45, 2.75) is 201 Å². The highest BCUT2D eigenvalue weighted by Crippen LogP contribution is 2.14. The smallest absolute Gasteiger partial charge is 0.313 e. The predicted octanol–water partition coefficient (Wildman–Crippen LogP) is 13.0. The van der Waals surface area contributed by atoms with Gasteiger partial charge in [0.05, 0.1) is 0 Å². The molecule has 0 aromatic rings. The fourth-order valence-corrected chi connectivity index (χ4v) is 5.15. The topological polar surface area (TPSA) is 52.6 Å². The Morgan fingerprint density at radius 1 is 0.419 bits per heavy atom. The SMILES string of the molecule is CC=C(OC(=O)CCCCCCC/C=C\CCCCCCCC)OC(=O)CCCCCCC/C=C\CCCCCCCC. The number of esters is 2. The van der Waals surface area contributed by atoms with Crippen LogP contribution >= 0.6 is 0 Å². The Morgan fingerprint density at radius 2 is 0.698 bits per heavy atom. The first-order chi connectivity index (χ1) is 21.1. The number of unbranched alkanes of at least 4 members (excludes halogenated alkanes) is 22. The number of ether oxygens (including phenoxy) is 2. The zero-order chi connectivity index (χ0) is 31.5. The summed E-state index contributed by atoms with van der Waals surface area (Å²) < 4.78 is 10.6. The fourth-order valence-electron chi connectivity index (χ4n) is 5.15. The van der Waals surface area contributed by atoms with Crippen LogP contribution in [0.2, 0.25) is 0 Å². The molecule has 4 heteroatoms. The molecule has 0 aromatic carbocycles. The van der Waals surface area contributed by atoms with Gasteiger partial charge in [0.2, 0.25) is 0 Å². The molecule has 0 spiro atoms. The molecule has 0 bridgehead atoms. The van der Waals surface area contributed by atoms with Gasteiger partial charge >= 0.3 is 11.9 Å². The molecule has 0 aliphatic rings. The second kappa shape index (κ2) is 34.6. The highest BCUT2D eigenvalue weighted by Gasteiger charge is 2.12. The van der Waals surface area contributed by atoms with Gasteiger partial charge in [-0.2, -0.15) is 0 Å². The van der Waals surface area contributed by atoms with Gasteiger partial charge in [-0.3, -0.25) is 9.59 Å². The highest BCUT2D eigenvalue weighted by molar-refractivity contribution is 5.73. The number of allylic oxidation sites excluding steroid dienone is 5. The van der Waals surface area contributed by atoms with Crippen LogP contribution in [-0.2, 0) is 19.1 Å². The molecule has 0 aliphatic heterocycles. The van der Waals surface area contributed by atoms with E-state index in [9.17, 15) is 9.59 Å². The summed E-state index contributed by atoms with van der Waals surface area (Å²) in [6.07, 6.45) is 43.5. The van der Waals surface area contributed by atoms with E-state index in [1.165, 1.54) is 116 Å². The minimum atomic E-state index is -0.320. The molecule has 0 N–H and O–H groups in total. The zero-order valence-electron chi connectivity index (χ0n) is 28.8. The van der Waals surface area contributed by atoms with Crippen molar-refractivity contribution >= 4 is 11.9 Å². The van der Waals surface area contributed by atoms with Crippen LogP contribution in [0.15, 0.2) is 36.3 Å². The molecular weight excluding hydrogens is 532 g/mol. The van der Waals surface area contributed by atoms with Gasteiger partial charge < -0.3 is 9.47 Å². The van der Waals surface area contributed by atoms with Crippen LogP contribution in [0.1, 0.15) is 201 Å². The van der Waals surface area contributed by atoms with Crippen molar-refractivity contribution in [1.82, 2.24) is 0 Å². The van der Waals surface area contributed by atoms with Gasteiger partial charge in [0, 0.05) is 12.8 Å². The Kier molecular flexibility index (Phi) is 33.2. The maximum Gasteiger partial charge on any atom is 0.313 e. The van der Waals surface area contributed by atoms with Crippen LogP contribution < -0.4 is 0 Å². The maximum atomic E-state index is 12.2. The third-order valence-corrected chi connectivity index (χ3v) is 7.95. The molecule has 0 unspecified atom stereocenters. The standard InChI is InChI=1S/C39H70O4/c1-4-7-9-11-13-15-17-19-21-23-25-27-29-31-33-35-37(40)42-39(6-3)43-38(41)36-34-32-30-28-26-24-22-20-18-16-14-12-10-8-5-2/h6,19-22H,4-5,7-18,23-36H2,1-3H3/b21-19-,22-20-. The Balaban J connectivity index is 3.61. The van der Waals surface area contributed by atoms with E-state index in [4.69, 9.17) is 9.47 Å². The summed E-state index contributed by atoms with van der Waals surface area (Å²) in [6, 6.07) is 0. The van der Waals surface area contributed by atoms with E-state index in [0.29, 0.717) is 12.8 Å². The van der Waals surface area contributed by atoms with E-state index in [2.05, 4.69) is 38.2 Å². The average Bonchev–Trinajstić information content (AvgIpc) is 3.00. The number of carbonyl (C=O) groups is 2. The second-order valence-electron chi connectivity index (χ2n) is 12.2. The summed E-state index contributed by atoms with van der Waals surface area (Å²) in [6.45, 7) is 6.25. The minimum absolute atomic E-state index is 0.0236. The lowest BCUT2D eigenvalue weighted by molar-refractivity contribution is -0.154. The van der Waals surface area contributed by atoms with Crippen LogP contribution in [0.4, 0.5) is 0 Å². The predicted molar refractivity (Wildman–Crippen MR) is 185 cm³/mol. The van der Waals surface area contributed by atoms with Gasteiger partial charge in [-0.05, 0) is 77.2 Å². The van der Waals surface area contributed by atoms with Crippen molar-refractivity contribution in [3.05, 3.63) is 36.3 Å². The van der Waals surface area contributed by atoms with Gasteiger partial charge in [-0.1, -0.05) is 141 Å². The Hall–Kier alpha value is -1.84. The van der Waals surface area contributed by atoms with Crippen molar-refractivity contribution in [1.29, 1.82) is 0 Å². The van der Waals surface area contributed by atoms with E-state index in [0.717, 1.165) is 51.4 Å². The minimum Gasteiger partial charge on any atom is -0.393 e. The van der Waals surface area contributed by atoms with Crippen LogP contribution in [0.5, 0.6) is 0 Å². The normalized spacial score (nSPS) is 11.4. The molecule has 4 nitrogen and oxygen atoms in total. The highest BCUT2D eigenvalue weighted by atomic mass is 16.7. The van der Waals surface area contributed by atoms with Gasteiger partial charge in [0.15, 0.2) is 0 Å². The number of rotatable bonds is 32. The summed E-state index contributed by atoms with van der Waals surface area (Å²) >= 11 is 0. The number of hydrogen-bond acceptors (Lipinski definition) is 4. The summed E-state index contributed by atoms with van der Waals surface area (Å²) in [5.74, 6) is -0.616. The molecule has 0 fully saturated rings. The summed E-state index contributed by atoms with van der Waals surface area (Å²) in [4.78, 5) is 24.3. The number of hydrogen-bond donors (Lipinski definition) is 0. The lowest BCUT2D eigenvalue weighted by Gasteiger charge is -2.09. The van der Waals surface area contributed by atoms with Crippen molar-refractivity contribution < 1.29 is 19.1 Å². The molecule has 250 valence electrons. The molecule has 0 rings (SSSR count). The molecule has 0 aromatic heterocycles. The lowest BCUT2D eigenvalue weighted by Crippen LogP contribution is -2.11. The molecule has 0 saturated heterocycles. The third-order valence-electron chi connectivity index (χ3n) is 7.95. The van der Waals surface area contributed by atoms with Crippen LogP contribution in [0, 0.1) is 0 Å². The first-order valence-electron chi connectivity index (χ1n) is 18.5. The third kappa shape index (κ3) is 32.9. The van der Waals surface area contributed by atoms with Gasteiger partial charge in [0.1, 0.15) is 0 Å². The average molecular weight is 603 g/mol. The largest absolute Gasteiger partial charge is 0.393 e. The van der Waals surface area contributed by atoms with Crippen LogP contribution in [0.3, 0.4) is 0 Å². The zero-order valence-corrected chi connectivity index (χ0v) is 28.8. The molecule has 0 aliphatic carbocycles. The molecule has 0 amide bonds. The van der Waals surface area contributed by atoms with E-state index in [1.807, 2.05) is 0 Å². The Labute approximate surface area is 267 Å². The van der Waals surface area contributed by atoms with Gasteiger partial charge in [0.25, 0.3) is 5.95 Å². The fraction of sp³-hybridized carbons (Fsp3) is 0.795. The van der Waals surface area contributed by atoms with Crippen LogP contribution in [0.25, 0.3) is 0 Å².